The Hall–Kier alpha value is -1.68. The van der Waals surface area contributed by atoms with Gasteiger partial charge in [-0.3, -0.25) is 9.78 Å². The fraction of sp³-hybridized carbons (Fsp3) is 0.182. The summed E-state index contributed by atoms with van der Waals surface area (Å²) < 4.78 is 1.63. The van der Waals surface area contributed by atoms with Gasteiger partial charge in [-0.1, -0.05) is 11.6 Å². The van der Waals surface area contributed by atoms with Gasteiger partial charge in [0.1, 0.15) is 0 Å². The molecule has 0 aliphatic heterocycles. The maximum atomic E-state index is 10.9. The zero-order valence-corrected chi connectivity index (χ0v) is 9.69. The maximum Gasteiger partial charge on any atom is 0.152 e. The number of nitrogens with zero attached hydrogens (tertiary/aromatic N) is 3. The van der Waals surface area contributed by atoms with E-state index in [1.165, 1.54) is 0 Å². The molecule has 0 aliphatic carbocycles. The number of hydrogen-bond acceptors (Lipinski definition) is 3. The first-order valence-electron chi connectivity index (χ1n) is 4.76. The second kappa shape index (κ2) is 4.06. The molecule has 0 bridgehead atoms. The van der Waals surface area contributed by atoms with Gasteiger partial charge in [0.15, 0.2) is 6.29 Å². The molecule has 2 heterocycles. The molecule has 0 N–H and O–H groups in total. The number of aryl methyl sites for hydroxylation is 1. The molecule has 82 valence electrons. The number of rotatable bonds is 2. The first-order valence-corrected chi connectivity index (χ1v) is 5.14. The Kier molecular flexibility index (Phi) is 2.75. The molecule has 0 aromatic carbocycles. The van der Waals surface area contributed by atoms with Gasteiger partial charge in [-0.2, -0.15) is 5.10 Å². The largest absolute Gasteiger partial charge is 0.298 e. The van der Waals surface area contributed by atoms with Crippen molar-refractivity contribution in [3.8, 4) is 5.69 Å². The molecule has 4 nitrogen and oxygen atoms in total. The number of aromatic nitrogens is 3. The summed E-state index contributed by atoms with van der Waals surface area (Å²) in [6.07, 6.45) is 3.95. The molecule has 2 aromatic heterocycles. The van der Waals surface area contributed by atoms with Crippen LogP contribution in [0.4, 0.5) is 0 Å². The minimum absolute atomic E-state index is 0.539. The van der Waals surface area contributed by atoms with Gasteiger partial charge in [0.2, 0.25) is 0 Å². The van der Waals surface area contributed by atoms with E-state index in [1.807, 2.05) is 13.8 Å². The summed E-state index contributed by atoms with van der Waals surface area (Å²) in [6.45, 7) is 3.67. The van der Waals surface area contributed by atoms with Crippen LogP contribution in [0.2, 0.25) is 5.02 Å². The van der Waals surface area contributed by atoms with Crippen molar-refractivity contribution >= 4 is 17.9 Å². The predicted molar refractivity (Wildman–Crippen MR) is 61.2 cm³/mol. The summed E-state index contributed by atoms with van der Waals surface area (Å²) in [6, 6.07) is 1.65. The van der Waals surface area contributed by atoms with Crippen LogP contribution < -0.4 is 0 Å². The van der Waals surface area contributed by atoms with E-state index in [9.17, 15) is 4.79 Å². The van der Waals surface area contributed by atoms with Gasteiger partial charge in [0.25, 0.3) is 0 Å². The summed E-state index contributed by atoms with van der Waals surface area (Å²) in [5, 5.41) is 4.89. The highest BCUT2D eigenvalue weighted by atomic mass is 35.5. The Morgan fingerprint density at radius 1 is 1.44 bits per heavy atom. The average Bonchev–Trinajstić information content (AvgIpc) is 2.57. The number of carbonyl (C=O) groups is 1. The van der Waals surface area contributed by atoms with Crippen molar-refractivity contribution in [2.45, 2.75) is 13.8 Å². The van der Waals surface area contributed by atoms with Crippen molar-refractivity contribution in [2.24, 2.45) is 0 Å². The highest BCUT2D eigenvalue weighted by Gasteiger charge is 2.13. The second-order valence-electron chi connectivity index (χ2n) is 3.45. The normalized spacial score (nSPS) is 10.4. The van der Waals surface area contributed by atoms with Gasteiger partial charge >= 0.3 is 0 Å². The molecule has 0 amide bonds. The van der Waals surface area contributed by atoms with Crippen LogP contribution in [0, 0.1) is 13.8 Å². The number of hydrogen-bond donors (Lipinski definition) is 0. The molecule has 16 heavy (non-hydrogen) atoms. The molecule has 5 heteroatoms. The van der Waals surface area contributed by atoms with E-state index >= 15 is 0 Å². The monoisotopic (exact) mass is 235 g/mol. The zero-order valence-electron chi connectivity index (χ0n) is 8.94. The number of pyridine rings is 1. The Bertz CT molecular complexity index is 548. The quantitative estimate of drug-likeness (QED) is 0.751. The fourth-order valence-electron chi connectivity index (χ4n) is 1.53. The average molecular weight is 236 g/mol. The summed E-state index contributed by atoms with van der Waals surface area (Å²) in [4.78, 5) is 14.9. The Morgan fingerprint density at radius 2 is 2.19 bits per heavy atom. The molecular formula is C11H10ClN3O. The lowest BCUT2D eigenvalue weighted by atomic mass is 10.2. The van der Waals surface area contributed by atoms with Crippen LogP contribution in [-0.2, 0) is 0 Å². The molecule has 0 radical (unpaired) electrons. The van der Waals surface area contributed by atoms with E-state index in [1.54, 1.807) is 23.1 Å². The lowest BCUT2D eigenvalue weighted by Crippen LogP contribution is -2.03. The minimum atomic E-state index is 0.539. The summed E-state index contributed by atoms with van der Waals surface area (Å²) >= 11 is 6.05. The highest BCUT2D eigenvalue weighted by Crippen LogP contribution is 2.23. The van der Waals surface area contributed by atoms with E-state index in [0.717, 1.165) is 17.7 Å². The van der Waals surface area contributed by atoms with Crippen molar-refractivity contribution < 1.29 is 4.79 Å². The number of aldehydes is 1. The molecule has 0 unspecified atom stereocenters. The molecule has 2 aromatic rings. The Labute approximate surface area is 97.9 Å². The molecule has 0 fully saturated rings. The topological polar surface area (TPSA) is 47.8 Å². The third kappa shape index (κ3) is 1.61. The molecule has 0 saturated carbocycles. The molecule has 0 spiro atoms. The van der Waals surface area contributed by atoms with Gasteiger partial charge in [-0.05, 0) is 19.9 Å². The van der Waals surface area contributed by atoms with Crippen molar-refractivity contribution in [3.63, 3.8) is 0 Å². The van der Waals surface area contributed by atoms with Crippen molar-refractivity contribution in [1.82, 2.24) is 14.8 Å². The van der Waals surface area contributed by atoms with Gasteiger partial charge in [-0.25, -0.2) is 4.68 Å². The maximum absolute atomic E-state index is 10.9. The van der Waals surface area contributed by atoms with Gasteiger partial charge in [0.05, 0.1) is 28.3 Å². The van der Waals surface area contributed by atoms with Gasteiger partial charge in [-0.15, -0.1) is 0 Å². The molecule has 2 rings (SSSR count). The Balaban J connectivity index is 2.67. The minimum Gasteiger partial charge on any atom is -0.298 e. The van der Waals surface area contributed by atoms with E-state index in [0.29, 0.717) is 16.3 Å². The SMILES string of the molecule is Cc1nn(-c2cnccc2C=O)c(C)c1Cl. The third-order valence-electron chi connectivity index (χ3n) is 2.39. The molecule has 0 saturated heterocycles. The van der Waals surface area contributed by atoms with Crippen molar-refractivity contribution in [3.05, 3.63) is 40.4 Å². The van der Waals surface area contributed by atoms with Crippen molar-refractivity contribution in [2.75, 3.05) is 0 Å². The van der Waals surface area contributed by atoms with E-state index in [4.69, 9.17) is 11.6 Å². The fourth-order valence-corrected chi connectivity index (χ4v) is 1.65. The van der Waals surface area contributed by atoms with Gasteiger partial charge in [0, 0.05) is 11.8 Å². The van der Waals surface area contributed by atoms with E-state index in [2.05, 4.69) is 10.1 Å². The van der Waals surface area contributed by atoms with E-state index < -0.39 is 0 Å². The second-order valence-corrected chi connectivity index (χ2v) is 3.83. The van der Waals surface area contributed by atoms with Crippen LogP contribution in [0.25, 0.3) is 5.69 Å². The number of carbonyl (C=O) groups excluding carboxylic acids is 1. The zero-order chi connectivity index (χ0) is 11.7. The van der Waals surface area contributed by atoms with E-state index in [-0.39, 0.29) is 0 Å². The molecule has 0 aliphatic rings. The molecule has 0 atom stereocenters. The summed E-state index contributed by atoms with van der Waals surface area (Å²) in [7, 11) is 0. The van der Waals surface area contributed by atoms with Crippen LogP contribution in [0.5, 0.6) is 0 Å². The predicted octanol–water partition coefficient (Wildman–Crippen LogP) is 2.35. The smallest absolute Gasteiger partial charge is 0.152 e. The first-order chi connectivity index (χ1) is 7.65. The highest BCUT2D eigenvalue weighted by molar-refractivity contribution is 6.31. The van der Waals surface area contributed by atoms with Gasteiger partial charge < -0.3 is 0 Å². The third-order valence-corrected chi connectivity index (χ3v) is 2.94. The first kappa shape index (κ1) is 10.8. The Morgan fingerprint density at radius 3 is 2.75 bits per heavy atom. The lowest BCUT2D eigenvalue weighted by molar-refractivity contribution is 0.112. The standard InChI is InChI=1S/C11H10ClN3O/c1-7-11(12)8(2)15(14-7)10-5-13-4-3-9(10)6-16/h3-6H,1-2H3. The van der Waals surface area contributed by atoms with Crippen LogP contribution in [-0.4, -0.2) is 21.1 Å². The van der Waals surface area contributed by atoms with Crippen molar-refractivity contribution in [1.29, 1.82) is 0 Å². The van der Waals surface area contributed by atoms with Crippen LogP contribution >= 0.6 is 11.6 Å². The number of halogens is 1. The van der Waals surface area contributed by atoms with Crippen LogP contribution in [0.3, 0.4) is 0 Å². The molecular weight excluding hydrogens is 226 g/mol. The lowest BCUT2D eigenvalue weighted by Gasteiger charge is -2.05. The van der Waals surface area contributed by atoms with Crippen LogP contribution in [0.1, 0.15) is 21.7 Å². The summed E-state index contributed by atoms with van der Waals surface area (Å²) in [5.41, 5.74) is 2.72. The van der Waals surface area contributed by atoms with Crippen LogP contribution in [0.15, 0.2) is 18.5 Å². The summed E-state index contributed by atoms with van der Waals surface area (Å²) in [5.74, 6) is 0.